The summed E-state index contributed by atoms with van der Waals surface area (Å²) in [5.41, 5.74) is 6.28. The van der Waals surface area contributed by atoms with Crippen LogP contribution in [0.3, 0.4) is 0 Å². The van der Waals surface area contributed by atoms with Crippen molar-refractivity contribution < 1.29 is 23.3 Å². The maximum absolute atomic E-state index is 14.3. The quantitative estimate of drug-likeness (QED) is 0.177. The average molecular weight is 714 g/mol. The third kappa shape index (κ3) is 5.65. The summed E-state index contributed by atoms with van der Waals surface area (Å²) in [4.78, 5) is 20.0. The van der Waals surface area contributed by atoms with E-state index in [1.807, 2.05) is 36.4 Å². The Morgan fingerprint density at radius 1 is 0.936 bits per heavy atom. The predicted molar refractivity (Wildman–Crippen MR) is 184 cm³/mol. The number of ether oxygens (including phenoxy) is 4. The van der Waals surface area contributed by atoms with Gasteiger partial charge in [-0.3, -0.25) is 9.36 Å². The number of halogens is 2. The second-order valence-corrected chi connectivity index (χ2v) is 13.0. The van der Waals surface area contributed by atoms with Gasteiger partial charge in [0.2, 0.25) is 0 Å². The molecule has 0 spiro atoms. The number of rotatable bonds is 8. The van der Waals surface area contributed by atoms with Crippen LogP contribution in [-0.2, 0) is 13.0 Å². The van der Waals surface area contributed by atoms with Gasteiger partial charge in [0.15, 0.2) is 27.8 Å². The lowest BCUT2D eigenvalue weighted by atomic mass is 9.83. The summed E-state index contributed by atoms with van der Waals surface area (Å²) >= 11 is 4.94. The molecule has 0 saturated carbocycles. The van der Waals surface area contributed by atoms with E-state index in [-0.39, 0.29) is 24.0 Å². The zero-order valence-electron chi connectivity index (χ0n) is 25.9. The van der Waals surface area contributed by atoms with Crippen LogP contribution in [0.1, 0.15) is 40.3 Å². The van der Waals surface area contributed by atoms with Crippen LogP contribution in [-0.4, -0.2) is 25.9 Å². The van der Waals surface area contributed by atoms with Gasteiger partial charge in [-0.1, -0.05) is 59.9 Å². The van der Waals surface area contributed by atoms with Gasteiger partial charge in [0.1, 0.15) is 12.4 Å². The van der Waals surface area contributed by atoms with Gasteiger partial charge in [-0.2, -0.15) is 0 Å². The average Bonchev–Trinajstić information content (AvgIpc) is 3.40. The molecule has 0 bridgehead atoms. The highest BCUT2D eigenvalue weighted by Gasteiger charge is 2.33. The van der Waals surface area contributed by atoms with Crippen molar-refractivity contribution in [3.8, 4) is 23.0 Å². The number of allylic oxidation sites excluding steroid dienone is 1. The number of hydrogen-bond donors (Lipinski definition) is 0. The highest BCUT2D eigenvalue weighted by Crippen LogP contribution is 2.43. The van der Waals surface area contributed by atoms with Crippen molar-refractivity contribution in [2.24, 2.45) is 4.99 Å². The van der Waals surface area contributed by atoms with E-state index in [9.17, 15) is 9.18 Å². The van der Waals surface area contributed by atoms with Crippen LogP contribution in [0.2, 0.25) is 0 Å². The van der Waals surface area contributed by atoms with E-state index in [0.717, 1.165) is 40.8 Å². The fourth-order valence-corrected chi connectivity index (χ4v) is 7.80. The van der Waals surface area contributed by atoms with Crippen LogP contribution >= 0.6 is 27.3 Å². The third-order valence-corrected chi connectivity index (χ3v) is 10.0. The molecular weight excluding hydrogens is 683 g/mol. The van der Waals surface area contributed by atoms with Crippen molar-refractivity contribution >= 4 is 39.0 Å². The van der Waals surface area contributed by atoms with E-state index in [1.54, 1.807) is 50.2 Å². The Hall–Kier alpha value is -4.67. The molecule has 4 aromatic carbocycles. The summed E-state index contributed by atoms with van der Waals surface area (Å²) in [5.74, 6) is 1.76. The number of benzene rings is 4. The topological polar surface area (TPSA) is 71.3 Å². The van der Waals surface area contributed by atoms with Gasteiger partial charge >= 0.3 is 0 Å². The summed E-state index contributed by atoms with van der Waals surface area (Å²) in [6.45, 7) is 0.0313. The van der Waals surface area contributed by atoms with Gasteiger partial charge in [0.05, 0.1) is 42.1 Å². The lowest BCUT2D eigenvalue weighted by Gasteiger charge is -2.31. The Morgan fingerprint density at radius 3 is 2.49 bits per heavy atom. The normalized spacial score (nSPS) is 15.3. The Bertz CT molecular complexity index is 2240. The smallest absolute Gasteiger partial charge is 0.271 e. The molecule has 0 saturated heterocycles. The third-order valence-electron chi connectivity index (χ3n) is 8.48. The van der Waals surface area contributed by atoms with Crippen molar-refractivity contribution in [1.29, 1.82) is 0 Å². The van der Waals surface area contributed by atoms with E-state index >= 15 is 0 Å². The van der Waals surface area contributed by atoms with Gasteiger partial charge in [-0.05, 0) is 87.4 Å². The first-order valence-electron chi connectivity index (χ1n) is 15.0. The van der Waals surface area contributed by atoms with E-state index < -0.39 is 0 Å². The van der Waals surface area contributed by atoms with E-state index in [2.05, 4.69) is 34.1 Å². The first-order valence-corrected chi connectivity index (χ1v) is 16.6. The second kappa shape index (κ2) is 12.8. The zero-order chi connectivity index (χ0) is 32.7. The van der Waals surface area contributed by atoms with Crippen LogP contribution in [0.15, 0.2) is 98.7 Å². The molecule has 10 heteroatoms. The van der Waals surface area contributed by atoms with Gasteiger partial charge < -0.3 is 18.9 Å². The maximum atomic E-state index is 14.3. The molecule has 0 radical (unpaired) electrons. The summed E-state index contributed by atoms with van der Waals surface area (Å²) in [5, 5.41) is 0. The fourth-order valence-electron chi connectivity index (χ4n) is 6.23. The molecule has 5 aromatic rings. The van der Waals surface area contributed by atoms with Crippen molar-refractivity contribution in [1.82, 2.24) is 4.57 Å². The molecule has 0 fully saturated rings. The molecule has 7 rings (SSSR count). The van der Waals surface area contributed by atoms with Crippen LogP contribution in [0.4, 0.5) is 4.39 Å². The molecule has 0 unspecified atom stereocenters. The number of hydrogen-bond acceptors (Lipinski definition) is 7. The summed E-state index contributed by atoms with van der Waals surface area (Å²) < 4.78 is 39.9. The Balaban J connectivity index is 1.35. The van der Waals surface area contributed by atoms with E-state index in [1.165, 1.54) is 23.0 Å². The van der Waals surface area contributed by atoms with Gasteiger partial charge in [0.25, 0.3) is 5.56 Å². The molecule has 1 aliphatic carbocycles. The Kier molecular flexibility index (Phi) is 8.46. The summed E-state index contributed by atoms with van der Waals surface area (Å²) in [7, 11) is 4.76. The zero-order valence-corrected chi connectivity index (χ0v) is 28.3. The molecule has 47 heavy (non-hydrogen) atoms. The summed E-state index contributed by atoms with van der Waals surface area (Å²) in [6, 6.07) is 23.9. The lowest BCUT2D eigenvalue weighted by molar-refractivity contribution is 0.278. The van der Waals surface area contributed by atoms with Crippen molar-refractivity contribution in [3.63, 3.8) is 0 Å². The molecule has 1 aromatic heterocycles. The monoisotopic (exact) mass is 712 g/mol. The predicted octanol–water partition coefficient (Wildman–Crippen LogP) is 6.83. The number of nitrogens with zero attached hydrogens (tertiary/aromatic N) is 2. The van der Waals surface area contributed by atoms with Crippen molar-refractivity contribution in [3.05, 3.63) is 142 Å². The lowest BCUT2D eigenvalue weighted by Crippen LogP contribution is -2.38. The van der Waals surface area contributed by atoms with Gasteiger partial charge in [-0.15, -0.1) is 0 Å². The molecule has 238 valence electrons. The SMILES string of the molecule is COc1ccc([C@@H]2C3=C(N=c4s/c(=C\c5cc(Br)c(OCc6ccccc6F)c(OC)c5)c(=O)n42)c2ccccc2CC3)cc1OC. The Morgan fingerprint density at radius 2 is 1.70 bits per heavy atom. The molecular formula is C37H30BrFN2O5S. The van der Waals surface area contributed by atoms with Crippen LogP contribution < -0.4 is 33.8 Å². The molecule has 1 aliphatic heterocycles. The Labute approximate surface area is 283 Å². The van der Waals surface area contributed by atoms with Gasteiger partial charge in [-0.25, -0.2) is 9.38 Å². The second-order valence-electron chi connectivity index (χ2n) is 11.1. The van der Waals surface area contributed by atoms with E-state index in [0.29, 0.717) is 42.4 Å². The highest BCUT2D eigenvalue weighted by molar-refractivity contribution is 9.10. The number of thiazole rings is 1. The first-order chi connectivity index (χ1) is 22.9. The fraction of sp³-hybridized carbons (Fsp3) is 0.189. The van der Waals surface area contributed by atoms with Crippen molar-refractivity contribution in [2.75, 3.05) is 21.3 Å². The number of aryl methyl sites for hydroxylation is 1. The number of methoxy groups -OCH3 is 3. The molecule has 0 N–H and O–H groups in total. The number of fused-ring (bicyclic) bond motifs is 3. The molecule has 1 atom stereocenters. The minimum atomic E-state index is -0.369. The summed E-state index contributed by atoms with van der Waals surface area (Å²) in [6.07, 6.45) is 3.47. The van der Waals surface area contributed by atoms with Crippen LogP contribution in [0, 0.1) is 5.82 Å². The van der Waals surface area contributed by atoms with E-state index in [4.69, 9.17) is 23.9 Å². The first kappa shape index (κ1) is 31.0. The molecule has 7 nitrogen and oxygen atoms in total. The largest absolute Gasteiger partial charge is 0.493 e. The minimum Gasteiger partial charge on any atom is -0.493 e. The standard InChI is InChI=1S/C37H30BrFN2O5S/c1-43-29-15-13-23(19-30(29)44-2)34-26-14-12-22-8-4-6-10-25(22)33(26)40-37-41(34)36(42)32(47-37)18-21-16-27(38)35(31(17-21)45-3)46-20-24-9-5-7-11-28(24)39/h4-11,13,15-19,34H,12,14,20H2,1-3H3/b32-18-/t34-/m1/s1. The molecule has 0 amide bonds. The van der Waals surface area contributed by atoms with Crippen molar-refractivity contribution in [2.45, 2.75) is 25.5 Å². The maximum Gasteiger partial charge on any atom is 0.271 e. The molecule has 2 heterocycles. The van der Waals surface area contributed by atoms with Gasteiger partial charge in [0, 0.05) is 11.1 Å². The minimum absolute atomic E-state index is 0.0313. The molecule has 2 aliphatic rings. The number of aromatic nitrogens is 1. The highest BCUT2D eigenvalue weighted by atomic mass is 79.9. The van der Waals surface area contributed by atoms with Crippen LogP contribution in [0.25, 0.3) is 11.8 Å². The van der Waals surface area contributed by atoms with Crippen LogP contribution in [0.5, 0.6) is 23.0 Å².